The molecule has 2 aliphatic heterocycles. The number of para-hydroxylation sites is 1. The molecule has 0 fully saturated rings. The molecular formula is C29H26N4O2. The maximum Gasteiger partial charge on any atom is 0.248 e. The first kappa shape index (κ1) is 22.5. The maximum absolute atomic E-state index is 14.3. The monoisotopic (exact) mass is 462 g/mol. The van der Waals surface area contributed by atoms with Gasteiger partial charge < -0.3 is 5.73 Å². The number of carbonyl (C=O) groups is 2. The Hall–Kier alpha value is -4.29. The number of rotatable bonds is 2. The second kappa shape index (κ2) is 7.61. The lowest BCUT2D eigenvalue weighted by atomic mass is 9.60. The van der Waals surface area contributed by atoms with Crippen LogP contribution in [0.3, 0.4) is 0 Å². The average Bonchev–Trinajstić information content (AvgIpc) is 3.03. The van der Waals surface area contributed by atoms with E-state index < -0.39 is 11.3 Å². The van der Waals surface area contributed by atoms with Crippen molar-refractivity contribution in [3.8, 4) is 18.4 Å². The molecular weight excluding hydrogens is 436 g/mol. The van der Waals surface area contributed by atoms with E-state index in [0.29, 0.717) is 28.9 Å². The van der Waals surface area contributed by atoms with E-state index in [1.54, 1.807) is 17.0 Å². The highest BCUT2D eigenvalue weighted by molar-refractivity contribution is 6.21. The summed E-state index contributed by atoms with van der Waals surface area (Å²) in [6.07, 6.45) is 6.40. The molecule has 2 heterocycles. The highest BCUT2D eigenvalue weighted by Crippen LogP contribution is 2.58. The number of carbonyl (C=O) groups excluding carboxylic acids is 2. The maximum atomic E-state index is 14.3. The summed E-state index contributed by atoms with van der Waals surface area (Å²) in [6.45, 7) is 6.08. The van der Waals surface area contributed by atoms with E-state index in [1.165, 1.54) is 4.90 Å². The van der Waals surface area contributed by atoms with Gasteiger partial charge >= 0.3 is 0 Å². The van der Waals surface area contributed by atoms with Crippen LogP contribution in [-0.4, -0.2) is 18.2 Å². The number of benzene rings is 2. The van der Waals surface area contributed by atoms with Crippen molar-refractivity contribution in [1.82, 2.24) is 0 Å². The largest absolute Gasteiger partial charge is 0.384 e. The van der Waals surface area contributed by atoms with Crippen molar-refractivity contribution in [3.05, 3.63) is 82.3 Å². The number of terminal acetylenes is 1. The Balaban J connectivity index is 1.90. The van der Waals surface area contributed by atoms with Crippen LogP contribution in [0.4, 0.5) is 11.4 Å². The molecule has 174 valence electrons. The molecule has 2 aromatic rings. The zero-order valence-corrected chi connectivity index (χ0v) is 20.1. The summed E-state index contributed by atoms with van der Waals surface area (Å²) in [5.41, 5.74) is 8.85. The van der Waals surface area contributed by atoms with Crippen molar-refractivity contribution in [2.24, 2.45) is 11.1 Å². The van der Waals surface area contributed by atoms with E-state index in [2.05, 4.69) is 12.0 Å². The van der Waals surface area contributed by atoms with E-state index in [4.69, 9.17) is 12.2 Å². The first-order valence-corrected chi connectivity index (χ1v) is 11.6. The third-order valence-corrected chi connectivity index (χ3v) is 7.19. The summed E-state index contributed by atoms with van der Waals surface area (Å²) >= 11 is 0. The van der Waals surface area contributed by atoms with Crippen molar-refractivity contribution in [2.75, 3.05) is 16.3 Å². The third kappa shape index (κ3) is 2.97. The molecule has 35 heavy (non-hydrogen) atoms. The Labute approximate surface area is 205 Å². The number of nitrogens with two attached hydrogens (primary N) is 1. The molecule has 0 saturated carbocycles. The van der Waals surface area contributed by atoms with Crippen molar-refractivity contribution in [3.63, 3.8) is 0 Å². The van der Waals surface area contributed by atoms with Gasteiger partial charge in [-0.15, -0.1) is 6.42 Å². The fraction of sp³-hybridized carbons (Fsp3) is 0.276. The van der Waals surface area contributed by atoms with Crippen LogP contribution in [0.2, 0.25) is 0 Å². The molecule has 1 spiro atoms. The normalized spacial score (nSPS) is 22.8. The lowest BCUT2D eigenvalue weighted by Gasteiger charge is -2.47. The van der Waals surface area contributed by atoms with Gasteiger partial charge in [-0.05, 0) is 37.0 Å². The summed E-state index contributed by atoms with van der Waals surface area (Å²) in [5, 5.41) is 10.5. The van der Waals surface area contributed by atoms with E-state index in [0.717, 1.165) is 11.3 Å². The number of nitrogens with zero attached hydrogens (tertiary/aromatic N) is 3. The summed E-state index contributed by atoms with van der Waals surface area (Å²) in [4.78, 5) is 31.5. The van der Waals surface area contributed by atoms with Crippen molar-refractivity contribution >= 4 is 23.1 Å². The van der Waals surface area contributed by atoms with Crippen LogP contribution in [0.15, 0.2) is 71.2 Å². The molecule has 2 N–H and O–H groups in total. The molecule has 0 saturated heterocycles. The molecule has 5 rings (SSSR count). The quantitative estimate of drug-likeness (QED) is 0.680. The van der Waals surface area contributed by atoms with Crippen molar-refractivity contribution in [2.45, 2.75) is 39.0 Å². The molecule has 1 atom stereocenters. The standard InChI is InChI=1S/C29H26N4O2/c1-5-14-32-22-9-7-6-8-20(22)29(27(32)35)21(17-30)26(31)33(19-12-10-18(2)11-13-19)23-15-28(3,4)16-24(34)25(23)29/h1,6-13H,14-16,31H2,2-4H3/t29-/m0/s1. The van der Waals surface area contributed by atoms with Crippen LogP contribution < -0.4 is 15.5 Å². The second-order valence-corrected chi connectivity index (χ2v) is 10.2. The van der Waals surface area contributed by atoms with Crippen LogP contribution in [0.5, 0.6) is 0 Å². The van der Waals surface area contributed by atoms with Gasteiger partial charge in [-0.3, -0.25) is 19.4 Å². The second-order valence-electron chi connectivity index (χ2n) is 10.2. The van der Waals surface area contributed by atoms with Crippen molar-refractivity contribution < 1.29 is 9.59 Å². The number of nitriles is 1. The first-order valence-electron chi connectivity index (χ1n) is 11.6. The number of aryl methyl sites for hydroxylation is 1. The molecule has 6 heteroatoms. The minimum Gasteiger partial charge on any atom is -0.384 e. The SMILES string of the molecule is C#CCN1C(=O)[C@]2(C(C#N)=C(N)N(c3ccc(C)cc3)C3=C2C(=O)CC(C)(C)C3)c2ccccc21. The number of ketones is 1. The highest BCUT2D eigenvalue weighted by Gasteiger charge is 2.63. The molecule has 1 aliphatic carbocycles. The number of hydrogen-bond acceptors (Lipinski definition) is 5. The topological polar surface area (TPSA) is 90.4 Å². The van der Waals surface area contributed by atoms with E-state index in [1.807, 2.05) is 57.2 Å². The summed E-state index contributed by atoms with van der Waals surface area (Å²) in [5.74, 6) is 2.15. The van der Waals surface area contributed by atoms with E-state index >= 15 is 0 Å². The zero-order chi connectivity index (χ0) is 25.1. The van der Waals surface area contributed by atoms with Gasteiger partial charge in [-0.1, -0.05) is 55.7 Å². The summed E-state index contributed by atoms with van der Waals surface area (Å²) < 4.78 is 0. The van der Waals surface area contributed by atoms with Crippen LogP contribution in [0, 0.1) is 36.0 Å². The van der Waals surface area contributed by atoms with Crippen LogP contribution >= 0.6 is 0 Å². The first-order chi connectivity index (χ1) is 16.7. The Morgan fingerprint density at radius 3 is 2.43 bits per heavy atom. The molecule has 0 bridgehead atoms. The Kier molecular flexibility index (Phi) is 4.90. The average molecular weight is 463 g/mol. The van der Waals surface area contributed by atoms with Gasteiger partial charge in [0.05, 0.1) is 12.1 Å². The van der Waals surface area contributed by atoms with Gasteiger partial charge in [0.2, 0.25) is 5.91 Å². The zero-order valence-electron chi connectivity index (χ0n) is 20.1. The van der Waals surface area contributed by atoms with Crippen LogP contribution in [0.25, 0.3) is 0 Å². The fourth-order valence-electron chi connectivity index (χ4n) is 5.79. The summed E-state index contributed by atoms with van der Waals surface area (Å²) in [6, 6.07) is 17.2. The molecule has 0 radical (unpaired) electrons. The molecule has 2 aromatic carbocycles. The molecule has 3 aliphatic rings. The van der Waals surface area contributed by atoms with Gasteiger partial charge in [-0.25, -0.2) is 0 Å². The molecule has 0 unspecified atom stereocenters. The number of fused-ring (bicyclic) bond motifs is 3. The molecule has 1 amide bonds. The lowest BCUT2D eigenvalue weighted by molar-refractivity contribution is -0.125. The van der Waals surface area contributed by atoms with Gasteiger partial charge in [0.1, 0.15) is 17.3 Å². The molecule has 6 nitrogen and oxygen atoms in total. The van der Waals surface area contributed by atoms with Crippen LogP contribution in [0.1, 0.15) is 37.8 Å². The number of hydrogen-bond donors (Lipinski definition) is 1. The van der Waals surface area contributed by atoms with E-state index in [-0.39, 0.29) is 35.6 Å². The van der Waals surface area contributed by atoms with Gasteiger partial charge in [0, 0.05) is 34.6 Å². The molecule has 0 aromatic heterocycles. The summed E-state index contributed by atoms with van der Waals surface area (Å²) in [7, 11) is 0. The Morgan fingerprint density at radius 1 is 1.09 bits per heavy atom. The Bertz CT molecular complexity index is 1430. The van der Waals surface area contributed by atoms with E-state index in [9.17, 15) is 14.9 Å². The minimum atomic E-state index is -1.61. The number of amides is 1. The third-order valence-electron chi connectivity index (χ3n) is 7.19. The minimum absolute atomic E-state index is 0.0280. The smallest absolute Gasteiger partial charge is 0.248 e. The lowest BCUT2D eigenvalue weighted by Crippen LogP contribution is -2.53. The number of allylic oxidation sites excluding steroid dienone is 1. The predicted molar refractivity (Wildman–Crippen MR) is 135 cm³/mol. The predicted octanol–water partition coefficient (Wildman–Crippen LogP) is 4.07. The van der Waals surface area contributed by atoms with Crippen molar-refractivity contribution in [1.29, 1.82) is 5.26 Å². The fourth-order valence-corrected chi connectivity index (χ4v) is 5.79. The highest BCUT2D eigenvalue weighted by atomic mass is 16.2. The van der Waals surface area contributed by atoms with Gasteiger partial charge in [0.25, 0.3) is 0 Å². The van der Waals surface area contributed by atoms with Gasteiger partial charge in [-0.2, -0.15) is 5.26 Å². The Morgan fingerprint density at radius 2 is 1.77 bits per heavy atom. The van der Waals surface area contributed by atoms with Gasteiger partial charge in [0.15, 0.2) is 5.78 Å². The number of anilines is 2. The number of Topliss-reactive ketones (excluding diaryl/α,β-unsaturated/α-hetero) is 1. The van der Waals surface area contributed by atoms with Crippen LogP contribution in [-0.2, 0) is 15.0 Å².